The molecule has 0 radical (unpaired) electrons. The number of benzene rings is 3. The van der Waals surface area contributed by atoms with Gasteiger partial charge in [-0.15, -0.1) is 0 Å². The van der Waals surface area contributed by atoms with Gasteiger partial charge >= 0.3 is 0 Å². The SMILES string of the molecule is CC[C@@H](C)NC(=O)[C@H](Cc1ccccc1)N(Cc1ccc(Br)cc1)C(=O)Cc1c(Cl)cccc1Cl. The van der Waals surface area contributed by atoms with Crippen molar-refractivity contribution in [3.8, 4) is 0 Å². The summed E-state index contributed by atoms with van der Waals surface area (Å²) in [5.41, 5.74) is 2.45. The van der Waals surface area contributed by atoms with Gasteiger partial charge in [-0.2, -0.15) is 0 Å². The molecule has 2 atom stereocenters. The first-order valence-electron chi connectivity index (χ1n) is 11.6. The van der Waals surface area contributed by atoms with E-state index < -0.39 is 6.04 Å². The number of nitrogens with zero attached hydrogens (tertiary/aromatic N) is 1. The first-order chi connectivity index (χ1) is 16.8. The van der Waals surface area contributed by atoms with Gasteiger partial charge in [0.1, 0.15) is 6.04 Å². The number of carbonyl (C=O) groups is 2. The van der Waals surface area contributed by atoms with Gasteiger partial charge in [-0.25, -0.2) is 0 Å². The van der Waals surface area contributed by atoms with Gasteiger partial charge in [0, 0.05) is 33.5 Å². The maximum atomic E-state index is 13.8. The second-order valence-corrected chi connectivity index (χ2v) is 10.3. The number of hydrogen-bond donors (Lipinski definition) is 1. The van der Waals surface area contributed by atoms with Crippen LogP contribution in [0.1, 0.15) is 37.0 Å². The van der Waals surface area contributed by atoms with Crippen molar-refractivity contribution in [1.29, 1.82) is 0 Å². The molecule has 0 heterocycles. The van der Waals surface area contributed by atoms with Crippen LogP contribution >= 0.6 is 39.1 Å². The molecule has 3 aromatic rings. The molecular weight excluding hydrogens is 547 g/mol. The van der Waals surface area contributed by atoms with Crippen molar-refractivity contribution in [2.45, 2.75) is 51.7 Å². The van der Waals surface area contributed by atoms with Gasteiger partial charge in [-0.05, 0) is 54.3 Å². The van der Waals surface area contributed by atoms with E-state index >= 15 is 0 Å². The van der Waals surface area contributed by atoms with Crippen molar-refractivity contribution in [3.05, 3.63) is 104 Å². The summed E-state index contributed by atoms with van der Waals surface area (Å²) in [7, 11) is 0. The van der Waals surface area contributed by atoms with Crippen molar-refractivity contribution < 1.29 is 9.59 Å². The molecule has 0 aromatic heterocycles. The molecule has 0 saturated heterocycles. The molecule has 0 fully saturated rings. The molecule has 0 unspecified atom stereocenters. The van der Waals surface area contributed by atoms with Gasteiger partial charge < -0.3 is 10.2 Å². The van der Waals surface area contributed by atoms with E-state index in [2.05, 4.69) is 21.2 Å². The van der Waals surface area contributed by atoms with Crippen LogP contribution in [0.4, 0.5) is 0 Å². The van der Waals surface area contributed by atoms with E-state index in [4.69, 9.17) is 23.2 Å². The summed E-state index contributed by atoms with van der Waals surface area (Å²) in [4.78, 5) is 29.0. The Morgan fingerprint density at radius 2 is 1.54 bits per heavy atom. The summed E-state index contributed by atoms with van der Waals surface area (Å²) >= 11 is 16.2. The normalized spacial score (nSPS) is 12.6. The molecular formula is C28H29BrCl2N2O2. The zero-order valence-electron chi connectivity index (χ0n) is 19.8. The molecule has 0 aliphatic carbocycles. The Bertz CT molecular complexity index is 1120. The Labute approximate surface area is 225 Å². The third-order valence-electron chi connectivity index (χ3n) is 5.93. The summed E-state index contributed by atoms with van der Waals surface area (Å²) in [6, 6.07) is 21.9. The van der Waals surface area contributed by atoms with Crippen LogP contribution in [-0.4, -0.2) is 28.8 Å². The quantitative estimate of drug-likeness (QED) is 0.287. The number of halogens is 3. The first kappa shape index (κ1) is 27.3. The number of hydrogen-bond acceptors (Lipinski definition) is 2. The summed E-state index contributed by atoms with van der Waals surface area (Å²) in [5, 5.41) is 3.93. The first-order valence-corrected chi connectivity index (χ1v) is 13.1. The molecule has 0 saturated carbocycles. The average Bonchev–Trinajstić information content (AvgIpc) is 2.85. The number of rotatable bonds is 10. The molecule has 1 N–H and O–H groups in total. The van der Waals surface area contributed by atoms with Crippen LogP contribution in [0.15, 0.2) is 77.3 Å². The highest BCUT2D eigenvalue weighted by molar-refractivity contribution is 9.10. The van der Waals surface area contributed by atoms with Gasteiger partial charge in [0.15, 0.2) is 0 Å². The lowest BCUT2D eigenvalue weighted by Gasteiger charge is -2.32. The predicted octanol–water partition coefficient (Wildman–Crippen LogP) is 6.85. The fourth-order valence-corrected chi connectivity index (χ4v) is 4.53. The molecule has 4 nitrogen and oxygen atoms in total. The molecule has 3 rings (SSSR count). The number of nitrogens with one attached hydrogen (secondary N) is 1. The van der Waals surface area contributed by atoms with Crippen LogP contribution < -0.4 is 5.32 Å². The minimum Gasteiger partial charge on any atom is -0.352 e. The highest BCUT2D eigenvalue weighted by atomic mass is 79.9. The molecule has 0 aliphatic heterocycles. The van der Waals surface area contributed by atoms with E-state index in [9.17, 15) is 9.59 Å². The smallest absolute Gasteiger partial charge is 0.243 e. The molecule has 184 valence electrons. The monoisotopic (exact) mass is 574 g/mol. The molecule has 3 aromatic carbocycles. The lowest BCUT2D eigenvalue weighted by atomic mass is 10.0. The van der Waals surface area contributed by atoms with E-state index in [1.54, 1.807) is 23.1 Å². The van der Waals surface area contributed by atoms with E-state index in [1.807, 2.05) is 68.4 Å². The fourth-order valence-electron chi connectivity index (χ4n) is 3.74. The van der Waals surface area contributed by atoms with Crippen molar-refractivity contribution in [3.63, 3.8) is 0 Å². The Morgan fingerprint density at radius 1 is 0.914 bits per heavy atom. The Hall–Kier alpha value is -2.34. The van der Waals surface area contributed by atoms with Gasteiger partial charge in [-0.1, -0.05) is 94.6 Å². The van der Waals surface area contributed by atoms with Crippen LogP contribution in [0, 0.1) is 0 Å². The van der Waals surface area contributed by atoms with Crippen LogP contribution in [0.2, 0.25) is 10.0 Å². The zero-order chi connectivity index (χ0) is 25.4. The second kappa shape index (κ2) is 13.1. The zero-order valence-corrected chi connectivity index (χ0v) is 22.9. The van der Waals surface area contributed by atoms with Gasteiger partial charge in [0.05, 0.1) is 6.42 Å². The molecule has 0 spiro atoms. The van der Waals surface area contributed by atoms with E-state index in [0.29, 0.717) is 22.0 Å². The van der Waals surface area contributed by atoms with Gasteiger partial charge in [-0.3, -0.25) is 9.59 Å². The molecule has 0 bridgehead atoms. The minimum atomic E-state index is -0.705. The number of carbonyl (C=O) groups excluding carboxylic acids is 2. The second-order valence-electron chi connectivity index (χ2n) is 8.55. The van der Waals surface area contributed by atoms with Crippen LogP contribution in [0.3, 0.4) is 0 Å². The Balaban J connectivity index is 2.00. The lowest BCUT2D eigenvalue weighted by molar-refractivity contribution is -0.141. The summed E-state index contributed by atoms with van der Waals surface area (Å²) < 4.78 is 0.942. The summed E-state index contributed by atoms with van der Waals surface area (Å²) in [5.74, 6) is -0.401. The third-order valence-corrected chi connectivity index (χ3v) is 7.16. The van der Waals surface area contributed by atoms with Crippen molar-refractivity contribution in [2.24, 2.45) is 0 Å². The van der Waals surface area contributed by atoms with E-state index in [0.717, 1.165) is 22.0 Å². The highest BCUT2D eigenvalue weighted by Gasteiger charge is 2.31. The minimum absolute atomic E-state index is 0.00304. The van der Waals surface area contributed by atoms with E-state index in [-0.39, 0.29) is 30.8 Å². The van der Waals surface area contributed by atoms with Crippen molar-refractivity contribution in [1.82, 2.24) is 10.2 Å². The molecule has 35 heavy (non-hydrogen) atoms. The Kier molecular flexibility index (Phi) is 10.2. The predicted molar refractivity (Wildman–Crippen MR) is 147 cm³/mol. The standard InChI is InChI=1S/C28H29BrCl2N2O2/c1-3-19(2)32-28(35)26(16-20-8-5-4-6-9-20)33(18-21-12-14-22(29)15-13-21)27(34)17-23-24(30)10-7-11-25(23)31/h4-15,19,26H,3,16-18H2,1-2H3,(H,32,35)/t19-,26+/m1/s1. The van der Waals surface area contributed by atoms with E-state index in [1.165, 1.54) is 0 Å². The fraction of sp³-hybridized carbons (Fsp3) is 0.286. The maximum absolute atomic E-state index is 13.8. The summed E-state index contributed by atoms with van der Waals surface area (Å²) in [6.07, 6.45) is 1.18. The maximum Gasteiger partial charge on any atom is 0.243 e. The van der Waals surface area contributed by atoms with Crippen molar-refractivity contribution >= 4 is 50.9 Å². The summed E-state index contributed by atoms with van der Waals surface area (Å²) in [6.45, 7) is 4.25. The van der Waals surface area contributed by atoms with Gasteiger partial charge in [0.25, 0.3) is 0 Å². The molecule has 0 aliphatic rings. The third kappa shape index (κ3) is 7.83. The highest BCUT2D eigenvalue weighted by Crippen LogP contribution is 2.26. The van der Waals surface area contributed by atoms with Crippen LogP contribution in [0.25, 0.3) is 0 Å². The van der Waals surface area contributed by atoms with Gasteiger partial charge in [0.2, 0.25) is 11.8 Å². The van der Waals surface area contributed by atoms with Crippen LogP contribution in [-0.2, 0) is 29.0 Å². The molecule has 2 amide bonds. The van der Waals surface area contributed by atoms with Crippen LogP contribution in [0.5, 0.6) is 0 Å². The van der Waals surface area contributed by atoms with Crippen molar-refractivity contribution in [2.75, 3.05) is 0 Å². The number of amides is 2. The Morgan fingerprint density at radius 3 is 2.14 bits per heavy atom. The topological polar surface area (TPSA) is 49.4 Å². The average molecular weight is 576 g/mol. The largest absolute Gasteiger partial charge is 0.352 e. The lowest BCUT2D eigenvalue weighted by Crippen LogP contribution is -2.52. The molecule has 7 heteroatoms.